The minimum atomic E-state index is 1.15. The number of rotatable bonds is 1. The minimum Gasteiger partial charge on any atom is -0.0620 e. The summed E-state index contributed by atoms with van der Waals surface area (Å²) in [6, 6.07) is 15.1. The van der Waals surface area contributed by atoms with E-state index in [9.17, 15) is 0 Å². The zero-order valence-corrected chi connectivity index (χ0v) is 12.2. The molecule has 2 rings (SSSR count). The van der Waals surface area contributed by atoms with Crippen LogP contribution in [-0.2, 0) is 6.42 Å². The molecule has 0 saturated heterocycles. The van der Waals surface area contributed by atoms with Crippen molar-refractivity contribution in [3.63, 3.8) is 0 Å². The summed E-state index contributed by atoms with van der Waals surface area (Å²) in [6.45, 7) is 10.7. The number of aryl methyl sites for hydroxylation is 5. The van der Waals surface area contributed by atoms with Gasteiger partial charge in [0.2, 0.25) is 0 Å². The first-order chi connectivity index (χ1) is 8.52. The first kappa shape index (κ1) is 14.5. The molecule has 0 atom stereocenters. The fourth-order valence-corrected chi connectivity index (χ4v) is 2.21. The molecule has 18 heavy (non-hydrogen) atoms. The zero-order chi connectivity index (χ0) is 13.5. The van der Waals surface area contributed by atoms with Crippen LogP contribution >= 0.6 is 0 Å². The number of hydrogen-bond acceptors (Lipinski definition) is 0. The summed E-state index contributed by atoms with van der Waals surface area (Å²) < 4.78 is 0. The third kappa shape index (κ3) is 4.75. The van der Waals surface area contributed by atoms with Gasteiger partial charge in [-0.2, -0.15) is 0 Å². The van der Waals surface area contributed by atoms with Gasteiger partial charge in [0.15, 0.2) is 0 Å². The Morgan fingerprint density at radius 2 is 1.17 bits per heavy atom. The fourth-order valence-electron chi connectivity index (χ4n) is 2.21. The molecule has 0 aliphatic rings. The van der Waals surface area contributed by atoms with Crippen LogP contribution in [0.4, 0.5) is 0 Å². The monoisotopic (exact) mass is 240 g/mol. The maximum Gasteiger partial charge on any atom is -0.0305 e. The molecule has 0 aliphatic carbocycles. The standard InChI is InChI=1S/2C9H12/c1-7-4-8(2)6-9(3)5-7;1-3-9-7-5-4-6-8(9)2/h4-6H,1-3H3;4-7H,3H2,1-2H3. The van der Waals surface area contributed by atoms with Gasteiger partial charge in [0.1, 0.15) is 0 Å². The molecule has 0 heteroatoms. The van der Waals surface area contributed by atoms with Crippen LogP contribution < -0.4 is 0 Å². The Bertz CT molecular complexity index is 445. The summed E-state index contributed by atoms with van der Waals surface area (Å²) in [5, 5.41) is 0. The summed E-state index contributed by atoms with van der Waals surface area (Å²) in [5.41, 5.74) is 6.92. The van der Waals surface area contributed by atoms with Gasteiger partial charge < -0.3 is 0 Å². The lowest BCUT2D eigenvalue weighted by atomic mass is 10.1. The first-order valence-electron chi connectivity index (χ1n) is 6.62. The van der Waals surface area contributed by atoms with E-state index in [-0.39, 0.29) is 0 Å². The largest absolute Gasteiger partial charge is 0.0620 e. The van der Waals surface area contributed by atoms with Crippen LogP contribution in [0.3, 0.4) is 0 Å². The Morgan fingerprint density at radius 1 is 0.722 bits per heavy atom. The molecule has 0 fully saturated rings. The van der Waals surface area contributed by atoms with Crippen molar-refractivity contribution in [2.75, 3.05) is 0 Å². The van der Waals surface area contributed by atoms with Crippen LogP contribution in [0.25, 0.3) is 0 Å². The summed E-state index contributed by atoms with van der Waals surface area (Å²) in [4.78, 5) is 0. The van der Waals surface area contributed by atoms with Gasteiger partial charge in [0, 0.05) is 0 Å². The Morgan fingerprint density at radius 3 is 1.50 bits per heavy atom. The molecule has 0 unspecified atom stereocenters. The molecular formula is C18H24. The van der Waals surface area contributed by atoms with Crippen molar-refractivity contribution in [1.82, 2.24) is 0 Å². The molecule has 2 aromatic carbocycles. The first-order valence-corrected chi connectivity index (χ1v) is 6.62. The molecule has 96 valence electrons. The van der Waals surface area contributed by atoms with Crippen LogP contribution in [0, 0.1) is 27.7 Å². The third-order valence-corrected chi connectivity index (χ3v) is 3.01. The van der Waals surface area contributed by atoms with Crippen molar-refractivity contribution in [3.8, 4) is 0 Å². The lowest BCUT2D eigenvalue weighted by Gasteiger charge is -1.98. The normalized spacial score (nSPS) is 9.61. The quantitative estimate of drug-likeness (QED) is 0.645. The van der Waals surface area contributed by atoms with E-state index < -0.39 is 0 Å². The minimum absolute atomic E-state index is 1.15. The highest BCUT2D eigenvalue weighted by Gasteiger charge is 1.89. The average Bonchev–Trinajstić information content (AvgIpc) is 2.28. The summed E-state index contributed by atoms with van der Waals surface area (Å²) >= 11 is 0. The Kier molecular flexibility index (Phi) is 5.64. The van der Waals surface area contributed by atoms with E-state index in [0.717, 1.165) is 6.42 Å². The van der Waals surface area contributed by atoms with E-state index >= 15 is 0 Å². The van der Waals surface area contributed by atoms with Crippen LogP contribution in [0.1, 0.15) is 34.7 Å². The van der Waals surface area contributed by atoms with Gasteiger partial charge >= 0.3 is 0 Å². The maximum atomic E-state index is 2.19. The second-order valence-electron chi connectivity index (χ2n) is 4.95. The van der Waals surface area contributed by atoms with Crippen molar-refractivity contribution in [1.29, 1.82) is 0 Å². The fraction of sp³-hybridized carbons (Fsp3) is 0.333. The van der Waals surface area contributed by atoms with Crippen LogP contribution in [0.15, 0.2) is 42.5 Å². The Balaban J connectivity index is 0.000000180. The topological polar surface area (TPSA) is 0 Å². The Hall–Kier alpha value is -1.56. The van der Waals surface area contributed by atoms with Gasteiger partial charge in [-0.05, 0) is 45.2 Å². The third-order valence-electron chi connectivity index (χ3n) is 3.01. The van der Waals surface area contributed by atoms with Gasteiger partial charge in [-0.3, -0.25) is 0 Å². The predicted octanol–water partition coefficient (Wildman–Crippen LogP) is 5.17. The second-order valence-corrected chi connectivity index (χ2v) is 4.95. The SMILES string of the molecule is CCc1ccccc1C.Cc1cc(C)cc(C)c1. The molecule has 0 heterocycles. The van der Waals surface area contributed by atoms with Crippen molar-refractivity contribution in [2.45, 2.75) is 41.0 Å². The molecule has 0 spiro atoms. The van der Waals surface area contributed by atoms with Gasteiger partial charge in [-0.15, -0.1) is 0 Å². The molecule has 0 N–H and O–H groups in total. The van der Waals surface area contributed by atoms with E-state index in [2.05, 4.69) is 77.1 Å². The molecule has 0 amide bonds. The lowest BCUT2D eigenvalue weighted by molar-refractivity contribution is 1.11. The lowest BCUT2D eigenvalue weighted by Crippen LogP contribution is -1.82. The van der Waals surface area contributed by atoms with Gasteiger partial charge in [0.25, 0.3) is 0 Å². The highest BCUT2D eigenvalue weighted by molar-refractivity contribution is 5.27. The molecule has 0 nitrogen and oxygen atoms in total. The number of benzene rings is 2. The van der Waals surface area contributed by atoms with Crippen molar-refractivity contribution in [2.24, 2.45) is 0 Å². The number of hydrogen-bond donors (Lipinski definition) is 0. The van der Waals surface area contributed by atoms with E-state index in [4.69, 9.17) is 0 Å². The van der Waals surface area contributed by atoms with Crippen molar-refractivity contribution in [3.05, 3.63) is 70.3 Å². The molecule has 2 aromatic rings. The summed E-state index contributed by atoms with van der Waals surface area (Å²) in [7, 11) is 0. The summed E-state index contributed by atoms with van der Waals surface area (Å²) in [6.07, 6.45) is 1.15. The van der Waals surface area contributed by atoms with E-state index in [0.29, 0.717) is 0 Å². The van der Waals surface area contributed by atoms with E-state index in [1.54, 1.807) is 0 Å². The van der Waals surface area contributed by atoms with Gasteiger partial charge in [-0.1, -0.05) is 66.1 Å². The Labute approximate surface area is 112 Å². The molecule has 0 aromatic heterocycles. The van der Waals surface area contributed by atoms with E-state index in [1.807, 2.05) is 0 Å². The predicted molar refractivity (Wildman–Crippen MR) is 81.2 cm³/mol. The van der Waals surface area contributed by atoms with Crippen molar-refractivity contribution >= 4 is 0 Å². The molecular weight excluding hydrogens is 216 g/mol. The van der Waals surface area contributed by atoms with Gasteiger partial charge in [0.05, 0.1) is 0 Å². The molecule has 0 radical (unpaired) electrons. The van der Waals surface area contributed by atoms with Crippen molar-refractivity contribution < 1.29 is 0 Å². The smallest absolute Gasteiger partial charge is 0.0305 e. The van der Waals surface area contributed by atoms with E-state index in [1.165, 1.54) is 27.8 Å². The molecule has 0 aliphatic heterocycles. The maximum absolute atomic E-state index is 2.19. The molecule has 0 bridgehead atoms. The van der Waals surface area contributed by atoms with Gasteiger partial charge in [-0.25, -0.2) is 0 Å². The van der Waals surface area contributed by atoms with Crippen LogP contribution in [0.2, 0.25) is 0 Å². The summed E-state index contributed by atoms with van der Waals surface area (Å²) in [5.74, 6) is 0. The average molecular weight is 240 g/mol. The zero-order valence-electron chi connectivity index (χ0n) is 12.2. The van der Waals surface area contributed by atoms with Crippen LogP contribution in [0.5, 0.6) is 0 Å². The molecule has 0 saturated carbocycles. The highest BCUT2D eigenvalue weighted by atomic mass is 14.0. The highest BCUT2D eigenvalue weighted by Crippen LogP contribution is 2.06. The van der Waals surface area contributed by atoms with Crippen LogP contribution in [-0.4, -0.2) is 0 Å². The second kappa shape index (κ2) is 7.00.